The highest BCUT2D eigenvalue weighted by Crippen LogP contribution is 2.19. The number of fused-ring (bicyclic) bond motifs is 1. The SMILES string of the molecule is CNCc1c(C(C)C)nc2ncccn12. The van der Waals surface area contributed by atoms with Crippen molar-refractivity contribution in [3.8, 4) is 0 Å². The van der Waals surface area contributed by atoms with E-state index >= 15 is 0 Å². The summed E-state index contributed by atoms with van der Waals surface area (Å²) < 4.78 is 2.05. The van der Waals surface area contributed by atoms with Crippen LogP contribution in [0.25, 0.3) is 5.78 Å². The average molecular weight is 204 g/mol. The predicted molar refractivity (Wildman–Crippen MR) is 59.8 cm³/mol. The van der Waals surface area contributed by atoms with Gasteiger partial charge in [0.1, 0.15) is 0 Å². The highest BCUT2D eigenvalue weighted by atomic mass is 15.1. The Morgan fingerprint density at radius 2 is 2.27 bits per heavy atom. The van der Waals surface area contributed by atoms with Crippen LogP contribution in [0.5, 0.6) is 0 Å². The summed E-state index contributed by atoms with van der Waals surface area (Å²) in [6, 6.07) is 1.93. The number of hydrogen-bond donors (Lipinski definition) is 1. The molecule has 2 rings (SSSR count). The van der Waals surface area contributed by atoms with Crippen LogP contribution in [-0.2, 0) is 6.54 Å². The minimum absolute atomic E-state index is 0.426. The molecule has 0 fully saturated rings. The molecule has 1 N–H and O–H groups in total. The first-order chi connectivity index (χ1) is 7.24. The number of rotatable bonds is 3. The molecule has 0 aliphatic heterocycles. The average Bonchev–Trinajstić information content (AvgIpc) is 2.58. The van der Waals surface area contributed by atoms with E-state index in [9.17, 15) is 0 Å². The summed E-state index contributed by atoms with van der Waals surface area (Å²) in [4.78, 5) is 8.79. The maximum absolute atomic E-state index is 4.54. The second kappa shape index (κ2) is 3.98. The van der Waals surface area contributed by atoms with Crippen molar-refractivity contribution < 1.29 is 0 Å². The lowest BCUT2D eigenvalue weighted by Crippen LogP contribution is -2.10. The van der Waals surface area contributed by atoms with Crippen molar-refractivity contribution >= 4 is 5.78 Å². The van der Waals surface area contributed by atoms with Crippen molar-refractivity contribution in [3.63, 3.8) is 0 Å². The van der Waals surface area contributed by atoms with Crippen LogP contribution < -0.4 is 5.32 Å². The van der Waals surface area contributed by atoms with Crippen molar-refractivity contribution in [2.45, 2.75) is 26.3 Å². The van der Waals surface area contributed by atoms with Gasteiger partial charge in [0.15, 0.2) is 0 Å². The molecule has 0 saturated heterocycles. The predicted octanol–water partition coefficient (Wildman–Crippen LogP) is 1.57. The lowest BCUT2D eigenvalue weighted by atomic mass is 10.1. The van der Waals surface area contributed by atoms with Crippen LogP contribution in [0.4, 0.5) is 0 Å². The van der Waals surface area contributed by atoms with Crippen molar-refractivity contribution in [2.24, 2.45) is 0 Å². The van der Waals surface area contributed by atoms with Crippen LogP contribution in [0.3, 0.4) is 0 Å². The Morgan fingerprint density at radius 1 is 1.47 bits per heavy atom. The van der Waals surface area contributed by atoms with Gasteiger partial charge in [-0.2, -0.15) is 0 Å². The fourth-order valence-corrected chi connectivity index (χ4v) is 1.76. The monoisotopic (exact) mass is 204 g/mol. The fraction of sp³-hybridized carbons (Fsp3) is 0.455. The van der Waals surface area contributed by atoms with Crippen LogP contribution in [0.15, 0.2) is 18.5 Å². The van der Waals surface area contributed by atoms with Crippen molar-refractivity contribution in [3.05, 3.63) is 29.8 Å². The third-order valence-corrected chi connectivity index (χ3v) is 2.42. The Kier molecular flexibility index (Phi) is 2.68. The third kappa shape index (κ3) is 1.72. The van der Waals surface area contributed by atoms with Crippen molar-refractivity contribution in [1.82, 2.24) is 19.7 Å². The lowest BCUT2D eigenvalue weighted by Gasteiger charge is -2.05. The number of nitrogens with one attached hydrogen (secondary N) is 1. The van der Waals surface area contributed by atoms with E-state index in [2.05, 4.69) is 29.1 Å². The second-order valence-electron chi connectivity index (χ2n) is 3.92. The fourth-order valence-electron chi connectivity index (χ4n) is 1.76. The molecule has 0 aliphatic carbocycles. The van der Waals surface area contributed by atoms with Gasteiger partial charge < -0.3 is 5.32 Å². The molecule has 0 unspecified atom stereocenters. The van der Waals surface area contributed by atoms with E-state index in [1.165, 1.54) is 5.69 Å². The molecule has 2 aromatic rings. The first-order valence-electron chi connectivity index (χ1n) is 5.20. The van der Waals surface area contributed by atoms with Gasteiger partial charge in [-0.15, -0.1) is 0 Å². The molecule has 0 atom stereocenters. The minimum Gasteiger partial charge on any atom is -0.314 e. The Labute approximate surface area is 89.4 Å². The van der Waals surface area contributed by atoms with E-state index in [1.54, 1.807) is 6.20 Å². The van der Waals surface area contributed by atoms with Gasteiger partial charge in [0, 0.05) is 18.9 Å². The molecule has 80 valence electrons. The second-order valence-corrected chi connectivity index (χ2v) is 3.92. The first kappa shape index (κ1) is 10.1. The number of hydrogen-bond acceptors (Lipinski definition) is 3. The number of nitrogens with zero attached hydrogens (tertiary/aromatic N) is 3. The minimum atomic E-state index is 0.426. The Hall–Kier alpha value is -1.42. The quantitative estimate of drug-likeness (QED) is 0.825. The zero-order valence-corrected chi connectivity index (χ0v) is 9.36. The van der Waals surface area contributed by atoms with Crippen molar-refractivity contribution in [1.29, 1.82) is 0 Å². The van der Waals surface area contributed by atoms with E-state index in [0.717, 1.165) is 18.0 Å². The Morgan fingerprint density at radius 3 is 2.93 bits per heavy atom. The normalized spacial score (nSPS) is 11.5. The maximum atomic E-state index is 4.54. The van der Waals surface area contributed by atoms with Gasteiger partial charge in [0.25, 0.3) is 0 Å². The standard InChI is InChI=1S/C11H16N4/c1-8(2)10-9(7-12-3)15-6-4-5-13-11(15)14-10/h4-6,8,12H,7H2,1-3H3. The van der Waals surface area contributed by atoms with Gasteiger partial charge in [0.2, 0.25) is 5.78 Å². The zero-order valence-electron chi connectivity index (χ0n) is 9.36. The highest BCUT2D eigenvalue weighted by Gasteiger charge is 2.14. The summed E-state index contributed by atoms with van der Waals surface area (Å²) in [5.74, 6) is 1.21. The Balaban J connectivity index is 2.63. The van der Waals surface area contributed by atoms with Gasteiger partial charge in [0.05, 0.1) is 11.4 Å². The first-order valence-corrected chi connectivity index (χ1v) is 5.20. The van der Waals surface area contributed by atoms with E-state index in [0.29, 0.717) is 5.92 Å². The Bertz CT molecular complexity index is 459. The lowest BCUT2D eigenvalue weighted by molar-refractivity contribution is 0.738. The molecule has 0 amide bonds. The molecule has 0 bridgehead atoms. The highest BCUT2D eigenvalue weighted by molar-refractivity contribution is 5.36. The number of imidazole rings is 1. The van der Waals surface area contributed by atoms with Crippen LogP contribution in [0.1, 0.15) is 31.2 Å². The molecule has 0 aromatic carbocycles. The molecule has 2 heterocycles. The zero-order chi connectivity index (χ0) is 10.8. The summed E-state index contributed by atoms with van der Waals surface area (Å²) in [5, 5.41) is 3.17. The summed E-state index contributed by atoms with van der Waals surface area (Å²) in [6.07, 6.45) is 3.78. The summed E-state index contributed by atoms with van der Waals surface area (Å²) in [6.45, 7) is 5.13. The summed E-state index contributed by atoms with van der Waals surface area (Å²) in [7, 11) is 1.94. The molecule has 0 saturated carbocycles. The van der Waals surface area contributed by atoms with E-state index in [4.69, 9.17) is 0 Å². The van der Waals surface area contributed by atoms with Gasteiger partial charge in [-0.05, 0) is 19.0 Å². The number of aromatic nitrogens is 3. The van der Waals surface area contributed by atoms with E-state index in [1.807, 2.05) is 23.7 Å². The molecule has 0 radical (unpaired) electrons. The summed E-state index contributed by atoms with van der Waals surface area (Å²) in [5.41, 5.74) is 2.33. The van der Waals surface area contributed by atoms with Gasteiger partial charge >= 0.3 is 0 Å². The topological polar surface area (TPSA) is 42.2 Å². The smallest absolute Gasteiger partial charge is 0.234 e. The van der Waals surface area contributed by atoms with Crippen LogP contribution in [0, 0.1) is 0 Å². The van der Waals surface area contributed by atoms with Gasteiger partial charge in [-0.1, -0.05) is 13.8 Å². The molecular weight excluding hydrogens is 188 g/mol. The van der Waals surface area contributed by atoms with Gasteiger partial charge in [-0.25, -0.2) is 9.97 Å². The van der Waals surface area contributed by atoms with Gasteiger partial charge in [-0.3, -0.25) is 4.40 Å². The molecule has 4 heteroatoms. The largest absolute Gasteiger partial charge is 0.314 e. The molecule has 0 spiro atoms. The molecule has 0 aliphatic rings. The molecule has 2 aromatic heterocycles. The van der Waals surface area contributed by atoms with Crippen LogP contribution >= 0.6 is 0 Å². The van der Waals surface area contributed by atoms with Crippen LogP contribution in [-0.4, -0.2) is 21.4 Å². The molecule has 4 nitrogen and oxygen atoms in total. The maximum Gasteiger partial charge on any atom is 0.234 e. The molecular formula is C11H16N4. The van der Waals surface area contributed by atoms with E-state index < -0.39 is 0 Å². The summed E-state index contributed by atoms with van der Waals surface area (Å²) >= 11 is 0. The van der Waals surface area contributed by atoms with Crippen LogP contribution in [0.2, 0.25) is 0 Å². The third-order valence-electron chi connectivity index (χ3n) is 2.42. The van der Waals surface area contributed by atoms with E-state index in [-0.39, 0.29) is 0 Å². The van der Waals surface area contributed by atoms with Crippen molar-refractivity contribution in [2.75, 3.05) is 7.05 Å². The molecule has 15 heavy (non-hydrogen) atoms.